The smallest absolute Gasteiger partial charge is 0.257 e. The molecule has 1 atom stereocenters. The van der Waals surface area contributed by atoms with Crippen LogP contribution in [0.3, 0.4) is 0 Å². The first-order valence-electron chi connectivity index (χ1n) is 3.93. The fourth-order valence-electron chi connectivity index (χ4n) is 1.10. The molecule has 6 heteroatoms. The van der Waals surface area contributed by atoms with Gasteiger partial charge in [0.25, 0.3) is 6.43 Å². The third-order valence-electron chi connectivity index (χ3n) is 1.82. The zero-order valence-electron chi connectivity index (χ0n) is 7.91. The Morgan fingerprint density at radius 2 is 1.93 bits per heavy atom. The highest BCUT2D eigenvalue weighted by atomic mass is 35.5. The minimum atomic E-state index is -2.74. The summed E-state index contributed by atoms with van der Waals surface area (Å²) in [5.74, 6) is -0.448. The van der Waals surface area contributed by atoms with Gasteiger partial charge in [0.2, 0.25) is 0 Å². The molecule has 2 nitrogen and oxygen atoms in total. The molecule has 1 aromatic carbocycles. The first kappa shape index (κ1) is 14.1. The van der Waals surface area contributed by atoms with Crippen LogP contribution in [0.4, 0.5) is 13.2 Å². The third-order valence-corrected chi connectivity index (χ3v) is 1.82. The summed E-state index contributed by atoms with van der Waals surface area (Å²) in [4.78, 5) is 0. The lowest BCUT2D eigenvalue weighted by atomic mass is 10.1. The standard InChI is InChI=1S/C9H10F3NO.ClH/c1-14-7-3-2-5(10)4-6(7)8(13)9(11)12;/h2-4,8-9H,13H2,1H3;1H/t8-;/m1./s1. The van der Waals surface area contributed by atoms with E-state index in [2.05, 4.69) is 0 Å². The summed E-state index contributed by atoms with van der Waals surface area (Å²) in [5, 5.41) is 0. The number of hydrogen-bond donors (Lipinski definition) is 1. The van der Waals surface area contributed by atoms with Crippen LogP contribution in [0.25, 0.3) is 0 Å². The van der Waals surface area contributed by atoms with E-state index in [4.69, 9.17) is 10.5 Å². The minimum absolute atomic E-state index is 0. The summed E-state index contributed by atoms with van der Waals surface area (Å²) in [6.45, 7) is 0. The maximum absolute atomic E-state index is 12.8. The molecule has 15 heavy (non-hydrogen) atoms. The Labute approximate surface area is 91.6 Å². The van der Waals surface area contributed by atoms with Crippen LogP contribution in [0, 0.1) is 5.82 Å². The molecule has 0 aromatic heterocycles. The molecule has 86 valence electrons. The van der Waals surface area contributed by atoms with E-state index in [0.717, 1.165) is 12.1 Å². The van der Waals surface area contributed by atoms with E-state index in [1.54, 1.807) is 0 Å². The second kappa shape index (κ2) is 5.82. The number of rotatable bonds is 3. The van der Waals surface area contributed by atoms with Gasteiger partial charge in [0.05, 0.1) is 13.2 Å². The van der Waals surface area contributed by atoms with Crippen molar-refractivity contribution in [2.45, 2.75) is 12.5 Å². The molecule has 0 aliphatic heterocycles. The van der Waals surface area contributed by atoms with E-state index >= 15 is 0 Å². The largest absolute Gasteiger partial charge is 0.496 e. The highest BCUT2D eigenvalue weighted by molar-refractivity contribution is 5.85. The highest BCUT2D eigenvalue weighted by Crippen LogP contribution is 2.27. The van der Waals surface area contributed by atoms with Gasteiger partial charge in [-0.05, 0) is 18.2 Å². The van der Waals surface area contributed by atoms with E-state index in [9.17, 15) is 13.2 Å². The van der Waals surface area contributed by atoms with Gasteiger partial charge in [0.15, 0.2) is 0 Å². The molecule has 0 bridgehead atoms. The average molecular weight is 242 g/mol. The van der Waals surface area contributed by atoms with Crippen LogP contribution in [-0.4, -0.2) is 13.5 Å². The number of hydrogen-bond acceptors (Lipinski definition) is 2. The maximum Gasteiger partial charge on any atom is 0.257 e. The predicted octanol–water partition coefficient (Wildman–Crippen LogP) is 2.52. The molecule has 0 saturated carbocycles. The molecule has 0 heterocycles. The van der Waals surface area contributed by atoms with Crippen molar-refractivity contribution < 1.29 is 17.9 Å². The number of alkyl halides is 2. The van der Waals surface area contributed by atoms with Gasteiger partial charge in [-0.3, -0.25) is 0 Å². The topological polar surface area (TPSA) is 35.2 Å². The van der Waals surface area contributed by atoms with E-state index in [1.165, 1.54) is 13.2 Å². The molecular weight excluding hydrogens is 231 g/mol. The van der Waals surface area contributed by atoms with Crippen molar-refractivity contribution in [1.29, 1.82) is 0 Å². The van der Waals surface area contributed by atoms with Crippen LogP contribution in [-0.2, 0) is 0 Å². The van der Waals surface area contributed by atoms with Crippen molar-refractivity contribution in [3.05, 3.63) is 29.6 Å². The first-order chi connectivity index (χ1) is 6.56. The lowest BCUT2D eigenvalue weighted by Gasteiger charge is -2.14. The van der Waals surface area contributed by atoms with Gasteiger partial charge in [-0.2, -0.15) is 0 Å². The summed E-state index contributed by atoms with van der Waals surface area (Å²) in [6, 6.07) is 1.82. The zero-order valence-corrected chi connectivity index (χ0v) is 8.73. The van der Waals surface area contributed by atoms with E-state index < -0.39 is 18.3 Å². The number of halogens is 4. The van der Waals surface area contributed by atoms with Crippen molar-refractivity contribution in [2.24, 2.45) is 5.73 Å². The Morgan fingerprint density at radius 3 is 2.40 bits per heavy atom. The second-order valence-electron chi connectivity index (χ2n) is 2.75. The molecule has 0 unspecified atom stereocenters. The number of nitrogens with two attached hydrogens (primary N) is 1. The van der Waals surface area contributed by atoms with Crippen molar-refractivity contribution in [3.63, 3.8) is 0 Å². The van der Waals surface area contributed by atoms with Crippen LogP contribution in [0.15, 0.2) is 18.2 Å². The van der Waals surface area contributed by atoms with Gasteiger partial charge in [-0.15, -0.1) is 12.4 Å². The van der Waals surface area contributed by atoms with Crippen LogP contribution in [0.5, 0.6) is 5.75 Å². The van der Waals surface area contributed by atoms with E-state index in [0.29, 0.717) is 0 Å². The molecule has 1 rings (SSSR count). The van der Waals surface area contributed by atoms with Gasteiger partial charge >= 0.3 is 0 Å². The lowest BCUT2D eigenvalue weighted by molar-refractivity contribution is 0.115. The number of ether oxygens (including phenoxy) is 1. The van der Waals surface area contributed by atoms with Crippen LogP contribution >= 0.6 is 12.4 Å². The molecule has 2 N–H and O–H groups in total. The van der Waals surface area contributed by atoms with Crippen molar-refractivity contribution in [2.75, 3.05) is 7.11 Å². The van der Waals surface area contributed by atoms with Gasteiger partial charge in [-0.25, -0.2) is 13.2 Å². The molecule has 0 radical (unpaired) electrons. The predicted molar refractivity (Wildman–Crippen MR) is 53.1 cm³/mol. The highest BCUT2D eigenvalue weighted by Gasteiger charge is 2.21. The summed E-state index contributed by atoms with van der Waals surface area (Å²) in [7, 11) is 1.31. The number of methoxy groups -OCH3 is 1. The summed E-state index contributed by atoms with van der Waals surface area (Å²) in [6.07, 6.45) is -2.74. The number of benzene rings is 1. The van der Waals surface area contributed by atoms with Gasteiger partial charge in [0, 0.05) is 5.56 Å². The Balaban J connectivity index is 0.00000196. The normalized spacial score (nSPS) is 12.1. The molecule has 0 aliphatic rings. The molecule has 0 aliphatic carbocycles. The fraction of sp³-hybridized carbons (Fsp3) is 0.333. The molecule has 0 saturated heterocycles. The molecule has 0 spiro atoms. The van der Waals surface area contributed by atoms with Crippen LogP contribution in [0.1, 0.15) is 11.6 Å². The molecule has 0 amide bonds. The van der Waals surface area contributed by atoms with Crippen molar-refractivity contribution in [1.82, 2.24) is 0 Å². The van der Waals surface area contributed by atoms with E-state index in [-0.39, 0.29) is 23.7 Å². The second-order valence-corrected chi connectivity index (χ2v) is 2.75. The third kappa shape index (κ3) is 3.28. The van der Waals surface area contributed by atoms with Crippen LogP contribution < -0.4 is 10.5 Å². The quantitative estimate of drug-likeness (QED) is 0.883. The SMILES string of the molecule is COc1ccc(F)cc1[C@@H](N)C(F)F.Cl. The Bertz CT molecular complexity index is 322. The Morgan fingerprint density at radius 1 is 1.33 bits per heavy atom. The summed E-state index contributed by atoms with van der Waals surface area (Å²) >= 11 is 0. The minimum Gasteiger partial charge on any atom is -0.496 e. The maximum atomic E-state index is 12.8. The Hall–Kier alpha value is -0.940. The lowest BCUT2D eigenvalue weighted by Crippen LogP contribution is -2.19. The average Bonchev–Trinajstić information content (AvgIpc) is 2.16. The van der Waals surface area contributed by atoms with E-state index in [1.807, 2.05) is 0 Å². The summed E-state index contributed by atoms with van der Waals surface area (Å²) in [5.41, 5.74) is 5.16. The van der Waals surface area contributed by atoms with Gasteiger partial charge in [0.1, 0.15) is 11.6 Å². The first-order valence-corrected chi connectivity index (χ1v) is 3.93. The van der Waals surface area contributed by atoms with Crippen LogP contribution in [0.2, 0.25) is 0 Å². The monoisotopic (exact) mass is 241 g/mol. The van der Waals surface area contributed by atoms with Crippen molar-refractivity contribution >= 4 is 12.4 Å². The molecule has 0 fully saturated rings. The van der Waals surface area contributed by atoms with Crippen molar-refractivity contribution in [3.8, 4) is 5.75 Å². The van der Waals surface area contributed by atoms with Gasteiger partial charge < -0.3 is 10.5 Å². The van der Waals surface area contributed by atoms with Gasteiger partial charge in [-0.1, -0.05) is 0 Å². The molecule has 1 aromatic rings. The zero-order chi connectivity index (χ0) is 10.7. The fourth-order valence-corrected chi connectivity index (χ4v) is 1.10. The molecular formula is C9H11ClF3NO. The Kier molecular flexibility index (Phi) is 5.46. The summed E-state index contributed by atoms with van der Waals surface area (Å²) < 4.78 is 42.1.